The van der Waals surface area contributed by atoms with Gasteiger partial charge in [-0.15, -0.1) is 0 Å². The number of aryl methyl sites for hydroxylation is 2. The number of thiophene rings is 1. The first-order valence-electron chi connectivity index (χ1n) is 5.92. The average Bonchev–Trinajstić information content (AvgIpc) is 2.80. The van der Waals surface area contributed by atoms with Gasteiger partial charge in [-0.3, -0.25) is 4.98 Å². The van der Waals surface area contributed by atoms with Crippen LogP contribution >= 0.6 is 11.3 Å². The van der Waals surface area contributed by atoms with Crippen molar-refractivity contribution in [1.29, 1.82) is 0 Å². The lowest BCUT2D eigenvalue weighted by molar-refractivity contribution is 0.626. The summed E-state index contributed by atoms with van der Waals surface area (Å²) in [5.41, 5.74) is 4.79. The largest absolute Gasteiger partial charge is 0.306 e. The summed E-state index contributed by atoms with van der Waals surface area (Å²) in [7, 11) is 0. The highest BCUT2D eigenvalue weighted by molar-refractivity contribution is 7.08. The average molecular weight is 246 g/mol. The third kappa shape index (κ3) is 2.73. The molecule has 0 fully saturated rings. The van der Waals surface area contributed by atoms with Crippen LogP contribution in [0.3, 0.4) is 0 Å². The molecule has 0 aliphatic heterocycles. The van der Waals surface area contributed by atoms with E-state index in [0.717, 1.165) is 17.9 Å². The topological polar surface area (TPSA) is 24.9 Å². The van der Waals surface area contributed by atoms with Gasteiger partial charge in [-0.1, -0.05) is 13.0 Å². The number of rotatable bonds is 4. The Bertz CT molecular complexity index is 477. The molecule has 0 saturated carbocycles. The Kier molecular flexibility index (Phi) is 3.92. The van der Waals surface area contributed by atoms with Gasteiger partial charge in [0.1, 0.15) is 0 Å². The Morgan fingerprint density at radius 3 is 2.71 bits per heavy atom. The Balaban J connectivity index is 2.39. The molecule has 2 rings (SSSR count). The van der Waals surface area contributed by atoms with Gasteiger partial charge in [0.05, 0.1) is 6.04 Å². The predicted octanol–water partition coefficient (Wildman–Crippen LogP) is 3.46. The maximum absolute atomic E-state index is 4.55. The van der Waals surface area contributed by atoms with Crippen LogP contribution in [0.4, 0.5) is 0 Å². The van der Waals surface area contributed by atoms with Crippen LogP contribution in [0, 0.1) is 13.8 Å². The van der Waals surface area contributed by atoms with Crippen molar-refractivity contribution >= 4 is 11.3 Å². The van der Waals surface area contributed by atoms with Crippen LogP contribution in [-0.2, 0) is 0 Å². The molecule has 2 heterocycles. The van der Waals surface area contributed by atoms with E-state index in [1.165, 1.54) is 11.1 Å². The van der Waals surface area contributed by atoms with Gasteiger partial charge in [0.25, 0.3) is 0 Å². The lowest BCUT2D eigenvalue weighted by Crippen LogP contribution is -2.22. The lowest BCUT2D eigenvalue weighted by Gasteiger charge is -2.19. The molecule has 90 valence electrons. The molecular weight excluding hydrogens is 228 g/mol. The van der Waals surface area contributed by atoms with Crippen LogP contribution in [0.2, 0.25) is 0 Å². The van der Waals surface area contributed by atoms with Crippen molar-refractivity contribution in [2.75, 3.05) is 6.54 Å². The molecule has 0 aliphatic rings. The Labute approximate surface area is 107 Å². The second kappa shape index (κ2) is 5.43. The molecule has 0 radical (unpaired) electrons. The molecule has 0 bridgehead atoms. The van der Waals surface area contributed by atoms with Gasteiger partial charge in [0, 0.05) is 11.4 Å². The Morgan fingerprint density at radius 1 is 1.29 bits per heavy atom. The normalized spacial score (nSPS) is 12.6. The van der Waals surface area contributed by atoms with E-state index in [4.69, 9.17) is 0 Å². The van der Waals surface area contributed by atoms with Gasteiger partial charge in [0.2, 0.25) is 0 Å². The highest BCUT2D eigenvalue weighted by Gasteiger charge is 2.15. The maximum Gasteiger partial charge on any atom is 0.0602 e. The van der Waals surface area contributed by atoms with E-state index in [0.29, 0.717) is 0 Å². The fourth-order valence-electron chi connectivity index (χ4n) is 2.05. The van der Waals surface area contributed by atoms with E-state index in [-0.39, 0.29) is 6.04 Å². The minimum absolute atomic E-state index is 0.263. The molecule has 2 aromatic rings. The van der Waals surface area contributed by atoms with E-state index < -0.39 is 0 Å². The minimum atomic E-state index is 0.263. The third-order valence-corrected chi connectivity index (χ3v) is 3.56. The Morgan fingerprint density at radius 2 is 2.12 bits per heavy atom. The van der Waals surface area contributed by atoms with Gasteiger partial charge in [-0.05, 0) is 54.4 Å². The van der Waals surface area contributed by atoms with E-state index in [9.17, 15) is 0 Å². The molecule has 0 amide bonds. The van der Waals surface area contributed by atoms with Crippen LogP contribution in [-0.4, -0.2) is 11.5 Å². The van der Waals surface area contributed by atoms with Crippen LogP contribution in [0.1, 0.15) is 35.5 Å². The SMILES string of the molecule is CCNC(c1ccsc1)c1ccc(C)nc1C. The van der Waals surface area contributed by atoms with Crippen molar-refractivity contribution in [3.8, 4) is 0 Å². The number of hydrogen-bond donors (Lipinski definition) is 1. The van der Waals surface area contributed by atoms with Gasteiger partial charge in [-0.2, -0.15) is 11.3 Å². The fraction of sp³-hybridized carbons (Fsp3) is 0.357. The summed E-state index contributed by atoms with van der Waals surface area (Å²) in [4.78, 5) is 4.55. The van der Waals surface area contributed by atoms with Crippen LogP contribution < -0.4 is 5.32 Å². The van der Waals surface area contributed by atoms with Crippen molar-refractivity contribution in [2.45, 2.75) is 26.8 Å². The summed E-state index contributed by atoms with van der Waals surface area (Å²) in [5, 5.41) is 7.85. The summed E-state index contributed by atoms with van der Waals surface area (Å²) in [6.07, 6.45) is 0. The standard InChI is InChI=1S/C14H18N2S/c1-4-15-14(12-7-8-17-9-12)13-6-5-10(2)16-11(13)3/h5-9,14-15H,4H2,1-3H3. The summed E-state index contributed by atoms with van der Waals surface area (Å²) < 4.78 is 0. The zero-order valence-electron chi connectivity index (χ0n) is 10.5. The smallest absolute Gasteiger partial charge is 0.0602 e. The summed E-state index contributed by atoms with van der Waals surface area (Å²) in [5.74, 6) is 0. The third-order valence-electron chi connectivity index (χ3n) is 2.86. The molecule has 1 N–H and O–H groups in total. The maximum atomic E-state index is 4.55. The predicted molar refractivity (Wildman–Crippen MR) is 73.5 cm³/mol. The van der Waals surface area contributed by atoms with Crippen molar-refractivity contribution < 1.29 is 0 Å². The van der Waals surface area contributed by atoms with Gasteiger partial charge < -0.3 is 5.32 Å². The molecule has 2 nitrogen and oxygen atoms in total. The van der Waals surface area contributed by atoms with Crippen LogP contribution in [0.5, 0.6) is 0 Å². The van der Waals surface area contributed by atoms with Gasteiger partial charge in [0.15, 0.2) is 0 Å². The van der Waals surface area contributed by atoms with E-state index in [2.05, 4.69) is 53.1 Å². The molecule has 0 spiro atoms. The van der Waals surface area contributed by atoms with Crippen molar-refractivity contribution in [2.24, 2.45) is 0 Å². The highest BCUT2D eigenvalue weighted by Crippen LogP contribution is 2.25. The van der Waals surface area contributed by atoms with E-state index in [1.54, 1.807) is 11.3 Å². The first-order valence-corrected chi connectivity index (χ1v) is 6.86. The zero-order valence-corrected chi connectivity index (χ0v) is 11.3. The number of nitrogens with zero attached hydrogens (tertiary/aromatic N) is 1. The highest BCUT2D eigenvalue weighted by atomic mass is 32.1. The van der Waals surface area contributed by atoms with Crippen molar-refractivity contribution in [3.63, 3.8) is 0 Å². The van der Waals surface area contributed by atoms with E-state index in [1.807, 2.05) is 6.92 Å². The quantitative estimate of drug-likeness (QED) is 0.893. The van der Waals surface area contributed by atoms with Crippen LogP contribution in [0.15, 0.2) is 29.0 Å². The summed E-state index contributed by atoms with van der Waals surface area (Å²) in [6, 6.07) is 6.71. The molecule has 0 saturated heterocycles. The fourth-order valence-corrected chi connectivity index (χ4v) is 2.74. The zero-order chi connectivity index (χ0) is 12.3. The Hall–Kier alpha value is -1.19. The monoisotopic (exact) mass is 246 g/mol. The first kappa shape index (κ1) is 12.3. The molecule has 3 heteroatoms. The summed E-state index contributed by atoms with van der Waals surface area (Å²) >= 11 is 1.74. The second-order valence-corrected chi connectivity index (χ2v) is 4.95. The molecule has 1 unspecified atom stereocenters. The molecule has 0 aliphatic carbocycles. The van der Waals surface area contributed by atoms with Crippen molar-refractivity contribution in [3.05, 3.63) is 51.5 Å². The van der Waals surface area contributed by atoms with Gasteiger partial charge in [-0.25, -0.2) is 0 Å². The molecule has 0 aromatic carbocycles. The molecule has 1 atom stereocenters. The number of hydrogen-bond acceptors (Lipinski definition) is 3. The number of pyridine rings is 1. The van der Waals surface area contributed by atoms with E-state index >= 15 is 0 Å². The minimum Gasteiger partial charge on any atom is -0.306 e. The molecule has 2 aromatic heterocycles. The van der Waals surface area contributed by atoms with Crippen molar-refractivity contribution in [1.82, 2.24) is 10.3 Å². The van der Waals surface area contributed by atoms with Gasteiger partial charge >= 0.3 is 0 Å². The van der Waals surface area contributed by atoms with Crippen LogP contribution in [0.25, 0.3) is 0 Å². The number of aromatic nitrogens is 1. The summed E-state index contributed by atoms with van der Waals surface area (Å²) in [6.45, 7) is 7.20. The second-order valence-electron chi connectivity index (χ2n) is 4.17. The first-order chi connectivity index (χ1) is 8.22. The molecular formula is C14H18N2S. The number of nitrogens with one attached hydrogen (secondary N) is 1. The molecule has 17 heavy (non-hydrogen) atoms. The lowest BCUT2D eigenvalue weighted by atomic mass is 9.99.